The van der Waals surface area contributed by atoms with E-state index in [0.29, 0.717) is 40.3 Å². The Morgan fingerprint density at radius 3 is 2.47 bits per heavy atom. The van der Waals surface area contributed by atoms with Crippen LogP contribution in [0, 0.1) is 7.14 Å². The number of carbonyl (C=O) groups excluding carboxylic acids is 1. The van der Waals surface area contributed by atoms with Crippen LogP contribution in [0.25, 0.3) is 6.08 Å². The minimum atomic E-state index is -0.548. The molecule has 0 spiro atoms. The van der Waals surface area contributed by atoms with Crippen LogP contribution < -0.4 is 9.47 Å². The van der Waals surface area contributed by atoms with Gasteiger partial charge in [-0.15, -0.1) is 0 Å². The van der Waals surface area contributed by atoms with Crippen molar-refractivity contribution in [1.82, 2.24) is 0 Å². The zero-order valence-electron chi connectivity index (χ0n) is 17.8. The Bertz CT molecular complexity index is 1310. The predicted molar refractivity (Wildman–Crippen MR) is 151 cm³/mol. The summed E-state index contributed by atoms with van der Waals surface area (Å²) < 4.78 is 19.3. The van der Waals surface area contributed by atoms with Gasteiger partial charge < -0.3 is 14.2 Å². The molecule has 174 valence electrons. The fourth-order valence-electron chi connectivity index (χ4n) is 3.13. The summed E-state index contributed by atoms with van der Waals surface area (Å²) in [6, 6.07) is 16.8. The van der Waals surface area contributed by atoms with Gasteiger partial charge >= 0.3 is 5.97 Å². The van der Waals surface area contributed by atoms with E-state index in [4.69, 9.17) is 37.4 Å². The average Bonchev–Trinajstić information content (AvgIpc) is 3.16. The summed E-state index contributed by atoms with van der Waals surface area (Å²) in [6.45, 7) is 2.79. The third kappa shape index (κ3) is 6.05. The van der Waals surface area contributed by atoms with Crippen LogP contribution in [0.4, 0.5) is 0 Å². The van der Waals surface area contributed by atoms with Gasteiger partial charge in [-0.3, -0.25) is 0 Å². The fraction of sp³-hybridized carbons (Fsp3) is 0.120. The molecule has 0 radical (unpaired) electrons. The number of rotatable bonds is 7. The lowest BCUT2D eigenvalue weighted by Gasteiger charge is -2.15. The third-order valence-corrected chi connectivity index (χ3v) is 6.98. The number of ether oxygens (including phenoxy) is 3. The van der Waals surface area contributed by atoms with Crippen LogP contribution in [0.1, 0.15) is 23.6 Å². The van der Waals surface area contributed by atoms with Crippen LogP contribution in [-0.4, -0.2) is 18.5 Å². The molecule has 5 nitrogen and oxygen atoms in total. The Morgan fingerprint density at radius 2 is 1.76 bits per heavy atom. The van der Waals surface area contributed by atoms with Gasteiger partial charge in [0.15, 0.2) is 17.2 Å². The normalized spacial score (nSPS) is 14.2. The summed E-state index contributed by atoms with van der Waals surface area (Å²) in [7, 11) is 0. The molecule has 0 bridgehead atoms. The number of hydrogen-bond acceptors (Lipinski definition) is 5. The van der Waals surface area contributed by atoms with Crippen LogP contribution in [-0.2, 0) is 16.1 Å². The number of esters is 1. The van der Waals surface area contributed by atoms with Crippen LogP contribution in [0.3, 0.4) is 0 Å². The molecule has 0 aromatic heterocycles. The smallest absolute Gasteiger partial charge is 0.363 e. The second-order valence-corrected chi connectivity index (χ2v) is 10.4. The number of carbonyl (C=O) groups is 1. The van der Waals surface area contributed by atoms with E-state index in [-0.39, 0.29) is 11.6 Å². The van der Waals surface area contributed by atoms with Crippen molar-refractivity contribution in [3.05, 3.63) is 94.2 Å². The third-order valence-electron chi connectivity index (χ3n) is 4.72. The van der Waals surface area contributed by atoms with Crippen molar-refractivity contribution in [3.8, 4) is 11.5 Å². The molecule has 4 rings (SSSR count). The van der Waals surface area contributed by atoms with E-state index in [1.54, 1.807) is 24.3 Å². The first-order valence-electron chi connectivity index (χ1n) is 10.2. The number of hydrogen-bond donors (Lipinski definition) is 0. The summed E-state index contributed by atoms with van der Waals surface area (Å²) in [5.74, 6) is 0.865. The maximum absolute atomic E-state index is 12.4. The zero-order valence-corrected chi connectivity index (χ0v) is 23.6. The SMILES string of the molecule is CCOc1cc(/C=C2\N=C(c3ccc(Cl)c(Cl)c3)OC2=O)cc(I)c1OCc1ccc(I)cc1. The van der Waals surface area contributed by atoms with Crippen molar-refractivity contribution in [2.24, 2.45) is 4.99 Å². The molecule has 0 saturated heterocycles. The molecule has 1 heterocycles. The van der Waals surface area contributed by atoms with E-state index in [2.05, 4.69) is 50.2 Å². The monoisotopic (exact) mass is 719 g/mol. The van der Waals surface area contributed by atoms with Gasteiger partial charge in [0, 0.05) is 9.13 Å². The number of cyclic esters (lactones) is 1. The molecule has 0 aliphatic carbocycles. The topological polar surface area (TPSA) is 57.1 Å². The number of nitrogens with zero attached hydrogens (tertiary/aromatic N) is 1. The Kier molecular flexibility index (Phi) is 8.39. The highest BCUT2D eigenvalue weighted by Gasteiger charge is 2.25. The average molecular weight is 720 g/mol. The first-order chi connectivity index (χ1) is 16.3. The molecular weight excluding hydrogens is 703 g/mol. The summed E-state index contributed by atoms with van der Waals surface area (Å²) in [5.41, 5.74) is 2.53. The van der Waals surface area contributed by atoms with Gasteiger partial charge in [0.1, 0.15) is 6.61 Å². The first kappa shape index (κ1) is 25.3. The Balaban J connectivity index is 1.61. The second kappa shape index (κ2) is 11.3. The Morgan fingerprint density at radius 1 is 1.00 bits per heavy atom. The predicted octanol–water partition coefficient (Wildman–Crippen LogP) is 7.52. The molecule has 0 atom stereocenters. The van der Waals surface area contributed by atoms with Gasteiger partial charge in [0.2, 0.25) is 5.90 Å². The van der Waals surface area contributed by atoms with Crippen molar-refractivity contribution in [2.45, 2.75) is 13.5 Å². The van der Waals surface area contributed by atoms with E-state index >= 15 is 0 Å². The molecule has 3 aromatic rings. The van der Waals surface area contributed by atoms with Gasteiger partial charge in [-0.2, -0.15) is 0 Å². The Hall–Kier alpha value is -1.82. The maximum atomic E-state index is 12.4. The number of aliphatic imine (C=N–C) groups is 1. The van der Waals surface area contributed by atoms with Gasteiger partial charge in [-0.1, -0.05) is 35.3 Å². The molecule has 0 amide bonds. The summed E-state index contributed by atoms with van der Waals surface area (Å²) >= 11 is 16.5. The highest BCUT2D eigenvalue weighted by Crippen LogP contribution is 2.36. The van der Waals surface area contributed by atoms with E-state index in [9.17, 15) is 4.79 Å². The van der Waals surface area contributed by atoms with Crippen LogP contribution in [0.15, 0.2) is 65.3 Å². The molecule has 3 aromatic carbocycles. The van der Waals surface area contributed by atoms with Crippen molar-refractivity contribution in [3.63, 3.8) is 0 Å². The molecule has 1 aliphatic heterocycles. The molecule has 0 saturated carbocycles. The molecule has 0 unspecified atom stereocenters. The van der Waals surface area contributed by atoms with E-state index in [1.165, 1.54) is 3.57 Å². The van der Waals surface area contributed by atoms with E-state index in [0.717, 1.165) is 14.7 Å². The van der Waals surface area contributed by atoms with Crippen molar-refractivity contribution < 1.29 is 19.0 Å². The minimum absolute atomic E-state index is 0.173. The molecule has 0 N–H and O–H groups in total. The highest BCUT2D eigenvalue weighted by molar-refractivity contribution is 14.1. The Labute approximate surface area is 234 Å². The van der Waals surface area contributed by atoms with Crippen LogP contribution in [0.5, 0.6) is 11.5 Å². The van der Waals surface area contributed by atoms with Crippen LogP contribution in [0.2, 0.25) is 10.0 Å². The minimum Gasteiger partial charge on any atom is -0.490 e. The van der Waals surface area contributed by atoms with E-state index < -0.39 is 5.97 Å². The molecular formula is C25H17Cl2I2NO4. The second-order valence-electron chi connectivity index (χ2n) is 7.14. The largest absolute Gasteiger partial charge is 0.490 e. The fourth-order valence-corrected chi connectivity index (χ4v) is 4.57. The van der Waals surface area contributed by atoms with Gasteiger partial charge in [-0.05, 0) is 112 Å². The lowest BCUT2D eigenvalue weighted by molar-refractivity contribution is -0.129. The standard InChI is InChI=1S/C25H17Cl2I2NO4/c1-2-32-22-11-15(9-20(29)23(22)33-13-14-3-6-17(28)7-4-14)10-21-25(31)34-24(30-21)16-5-8-18(26)19(27)12-16/h3-12H,2,13H2,1H3/b21-10-. The summed E-state index contributed by atoms with van der Waals surface area (Å²) in [6.07, 6.45) is 1.65. The number of benzene rings is 3. The zero-order chi connectivity index (χ0) is 24.2. The lowest BCUT2D eigenvalue weighted by Crippen LogP contribution is -2.05. The highest BCUT2D eigenvalue weighted by atomic mass is 127. The molecule has 9 heteroatoms. The molecule has 0 fully saturated rings. The van der Waals surface area contributed by atoms with Gasteiger partial charge in [0.05, 0.1) is 20.2 Å². The molecule has 34 heavy (non-hydrogen) atoms. The van der Waals surface area contributed by atoms with Crippen molar-refractivity contribution >= 4 is 86.3 Å². The summed E-state index contributed by atoms with van der Waals surface area (Å²) in [4.78, 5) is 16.8. The van der Waals surface area contributed by atoms with Gasteiger partial charge in [0.25, 0.3) is 0 Å². The van der Waals surface area contributed by atoms with Crippen molar-refractivity contribution in [2.75, 3.05) is 6.61 Å². The number of halogens is 4. The maximum Gasteiger partial charge on any atom is 0.363 e. The molecule has 1 aliphatic rings. The lowest BCUT2D eigenvalue weighted by atomic mass is 10.1. The van der Waals surface area contributed by atoms with Crippen molar-refractivity contribution in [1.29, 1.82) is 0 Å². The van der Waals surface area contributed by atoms with Gasteiger partial charge in [-0.25, -0.2) is 9.79 Å². The van der Waals surface area contributed by atoms with E-state index in [1.807, 2.05) is 43.3 Å². The van der Waals surface area contributed by atoms with Crippen LogP contribution >= 0.6 is 68.4 Å². The first-order valence-corrected chi connectivity index (χ1v) is 13.1. The summed E-state index contributed by atoms with van der Waals surface area (Å²) in [5, 5.41) is 0.764. The quantitative estimate of drug-likeness (QED) is 0.144.